The van der Waals surface area contributed by atoms with Crippen LogP contribution in [0.4, 0.5) is 0 Å². The lowest BCUT2D eigenvalue weighted by molar-refractivity contribution is -0.881. The first-order valence-electron chi connectivity index (χ1n) is 6.35. The van der Waals surface area contributed by atoms with Crippen molar-refractivity contribution in [3.05, 3.63) is 25.3 Å². The second kappa shape index (κ2) is 8.48. The summed E-state index contributed by atoms with van der Waals surface area (Å²) >= 11 is 0. The molecule has 0 aliphatic heterocycles. The van der Waals surface area contributed by atoms with Crippen LogP contribution in [0, 0.1) is 5.92 Å². The van der Waals surface area contributed by atoms with E-state index in [-0.39, 0.29) is 18.4 Å². The number of amides is 1. The maximum atomic E-state index is 11.9. The van der Waals surface area contributed by atoms with Crippen LogP contribution < -0.4 is 5.32 Å². The summed E-state index contributed by atoms with van der Waals surface area (Å²) in [6.07, 6.45) is 4.67. The Morgan fingerprint density at radius 3 is 2.21 bits per heavy atom. The molecule has 0 aliphatic rings. The van der Waals surface area contributed by atoms with Gasteiger partial charge in [0.1, 0.15) is 0 Å². The molecule has 0 aromatic rings. The summed E-state index contributed by atoms with van der Waals surface area (Å²) in [5.74, 6) is -1.01. The number of hydrogen-bond acceptors (Lipinski definition) is 2. The quantitative estimate of drug-likeness (QED) is 0.460. The SMILES string of the molecule is C=CCC(CC=C)C(=O)NCC[N+](C)(C)CC(=O)O. The van der Waals surface area contributed by atoms with E-state index >= 15 is 0 Å². The van der Waals surface area contributed by atoms with Crippen LogP contribution in [0.15, 0.2) is 25.3 Å². The number of carbonyl (C=O) groups is 2. The Labute approximate surface area is 115 Å². The van der Waals surface area contributed by atoms with Crippen LogP contribution in [0.2, 0.25) is 0 Å². The maximum absolute atomic E-state index is 11.9. The summed E-state index contributed by atoms with van der Waals surface area (Å²) in [6, 6.07) is 0. The van der Waals surface area contributed by atoms with E-state index in [9.17, 15) is 9.59 Å². The van der Waals surface area contributed by atoms with Gasteiger partial charge in [0.2, 0.25) is 5.91 Å². The average molecular weight is 269 g/mol. The molecule has 0 atom stereocenters. The highest BCUT2D eigenvalue weighted by Crippen LogP contribution is 2.09. The van der Waals surface area contributed by atoms with Gasteiger partial charge in [-0.15, -0.1) is 13.2 Å². The van der Waals surface area contributed by atoms with Gasteiger partial charge in [-0.25, -0.2) is 4.79 Å². The second-order valence-electron chi connectivity index (χ2n) is 5.25. The van der Waals surface area contributed by atoms with Crippen LogP contribution in [-0.4, -0.2) is 55.2 Å². The minimum atomic E-state index is -0.840. The third-order valence-electron chi connectivity index (χ3n) is 2.85. The molecule has 0 fully saturated rings. The van der Waals surface area contributed by atoms with E-state index in [0.717, 1.165) is 0 Å². The number of quaternary nitrogens is 1. The van der Waals surface area contributed by atoms with Gasteiger partial charge in [-0.3, -0.25) is 4.79 Å². The van der Waals surface area contributed by atoms with Gasteiger partial charge in [-0.1, -0.05) is 12.2 Å². The summed E-state index contributed by atoms with van der Waals surface area (Å²) in [7, 11) is 3.65. The standard InChI is InChI=1S/C14H24N2O3/c1-5-7-12(8-6-2)14(19)15-9-10-16(3,4)11-13(17)18/h5-6,12H,1-2,7-11H2,3-4H3,(H-,15,17,18,19)/p+1. The fourth-order valence-corrected chi connectivity index (χ4v) is 1.78. The lowest BCUT2D eigenvalue weighted by Crippen LogP contribution is -2.48. The molecule has 108 valence electrons. The minimum Gasteiger partial charge on any atom is -0.477 e. The Kier molecular flexibility index (Phi) is 7.75. The van der Waals surface area contributed by atoms with Crippen molar-refractivity contribution in [2.75, 3.05) is 33.7 Å². The maximum Gasteiger partial charge on any atom is 0.359 e. The topological polar surface area (TPSA) is 66.4 Å². The van der Waals surface area contributed by atoms with Crippen molar-refractivity contribution in [2.24, 2.45) is 5.92 Å². The van der Waals surface area contributed by atoms with Gasteiger partial charge in [0.05, 0.1) is 27.2 Å². The molecule has 0 aromatic heterocycles. The molecular formula is C14H25N2O3+. The second-order valence-corrected chi connectivity index (χ2v) is 5.25. The molecule has 0 rings (SSSR count). The molecule has 0 spiro atoms. The summed E-state index contributed by atoms with van der Waals surface area (Å²) in [5.41, 5.74) is 0. The number of carboxylic acids is 1. The smallest absolute Gasteiger partial charge is 0.359 e. The number of hydrogen-bond donors (Lipinski definition) is 2. The zero-order valence-corrected chi connectivity index (χ0v) is 11.9. The molecule has 0 aliphatic carbocycles. The number of likely N-dealkylation sites (N-methyl/N-ethyl adjacent to an activating group) is 1. The van der Waals surface area contributed by atoms with Crippen LogP contribution >= 0.6 is 0 Å². The molecule has 5 heteroatoms. The molecule has 0 heterocycles. The molecule has 0 bridgehead atoms. The van der Waals surface area contributed by atoms with E-state index in [1.165, 1.54) is 0 Å². The highest BCUT2D eigenvalue weighted by molar-refractivity contribution is 5.78. The van der Waals surface area contributed by atoms with Gasteiger partial charge < -0.3 is 14.9 Å². The molecule has 0 radical (unpaired) electrons. The van der Waals surface area contributed by atoms with Gasteiger partial charge in [0.15, 0.2) is 6.54 Å². The molecule has 2 N–H and O–H groups in total. The van der Waals surface area contributed by atoms with E-state index in [2.05, 4.69) is 18.5 Å². The Bertz CT molecular complexity index is 328. The van der Waals surface area contributed by atoms with E-state index < -0.39 is 5.97 Å². The first-order valence-corrected chi connectivity index (χ1v) is 6.35. The number of nitrogens with one attached hydrogen (secondary N) is 1. The van der Waals surface area contributed by atoms with Gasteiger partial charge in [-0.2, -0.15) is 0 Å². The zero-order valence-electron chi connectivity index (χ0n) is 11.9. The van der Waals surface area contributed by atoms with Gasteiger partial charge >= 0.3 is 5.97 Å². The summed E-state index contributed by atoms with van der Waals surface area (Å²) in [6.45, 7) is 8.35. The fourth-order valence-electron chi connectivity index (χ4n) is 1.78. The van der Waals surface area contributed by atoms with Crippen molar-refractivity contribution < 1.29 is 19.2 Å². The lowest BCUT2D eigenvalue weighted by atomic mass is 10.0. The van der Waals surface area contributed by atoms with E-state index in [4.69, 9.17) is 5.11 Å². The van der Waals surface area contributed by atoms with Crippen molar-refractivity contribution in [1.82, 2.24) is 5.32 Å². The largest absolute Gasteiger partial charge is 0.477 e. The molecular weight excluding hydrogens is 244 g/mol. The normalized spacial score (nSPS) is 11.1. The van der Waals surface area contributed by atoms with Crippen molar-refractivity contribution in [1.29, 1.82) is 0 Å². The summed E-state index contributed by atoms with van der Waals surface area (Å²) < 4.78 is 0.337. The molecule has 0 aromatic carbocycles. The number of allylic oxidation sites excluding steroid dienone is 2. The number of rotatable bonds is 10. The summed E-state index contributed by atoms with van der Waals surface area (Å²) in [4.78, 5) is 22.6. The number of carboxylic acid groups (broad SMARTS) is 1. The Hall–Kier alpha value is -1.62. The highest BCUT2D eigenvalue weighted by Gasteiger charge is 2.20. The van der Waals surface area contributed by atoms with E-state index in [1.807, 2.05) is 14.1 Å². The van der Waals surface area contributed by atoms with Crippen molar-refractivity contribution >= 4 is 11.9 Å². The van der Waals surface area contributed by atoms with Crippen LogP contribution in [0.25, 0.3) is 0 Å². The van der Waals surface area contributed by atoms with Gasteiger partial charge in [0, 0.05) is 5.92 Å². The van der Waals surface area contributed by atoms with E-state index in [0.29, 0.717) is 30.4 Å². The van der Waals surface area contributed by atoms with Crippen LogP contribution in [0.3, 0.4) is 0 Å². The minimum absolute atomic E-state index is 0.0323. The van der Waals surface area contributed by atoms with Gasteiger partial charge in [-0.05, 0) is 12.8 Å². The predicted octanol–water partition coefficient (Wildman–Crippen LogP) is 1.03. The summed E-state index contributed by atoms with van der Waals surface area (Å²) in [5, 5.41) is 11.6. The van der Waals surface area contributed by atoms with Crippen LogP contribution in [-0.2, 0) is 9.59 Å². The third-order valence-corrected chi connectivity index (χ3v) is 2.85. The number of carbonyl (C=O) groups excluding carboxylic acids is 1. The van der Waals surface area contributed by atoms with Crippen molar-refractivity contribution in [2.45, 2.75) is 12.8 Å². The van der Waals surface area contributed by atoms with Crippen molar-refractivity contribution in [3.63, 3.8) is 0 Å². The first-order chi connectivity index (χ1) is 8.82. The van der Waals surface area contributed by atoms with Gasteiger partial charge in [0.25, 0.3) is 0 Å². The monoisotopic (exact) mass is 269 g/mol. The first kappa shape index (κ1) is 17.4. The van der Waals surface area contributed by atoms with Crippen molar-refractivity contribution in [3.8, 4) is 0 Å². The Morgan fingerprint density at radius 2 is 1.79 bits per heavy atom. The molecule has 19 heavy (non-hydrogen) atoms. The number of nitrogens with zero attached hydrogens (tertiary/aromatic N) is 1. The van der Waals surface area contributed by atoms with E-state index in [1.54, 1.807) is 12.2 Å². The zero-order chi connectivity index (χ0) is 14.9. The predicted molar refractivity (Wildman–Crippen MR) is 75.6 cm³/mol. The molecule has 0 saturated carbocycles. The third kappa shape index (κ3) is 8.15. The Balaban J connectivity index is 4.17. The lowest BCUT2D eigenvalue weighted by Gasteiger charge is -2.28. The molecule has 0 unspecified atom stereocenters. The Morgan fingerprint density at radius 1 is 1.26 bits per heavy atom. The number of aliphatic carboxylic acids is 1. The van der Waals surface area contributed by atoms with Crippen LogP contribution in [0.1, 0.15) is 12.8 Å². The molecule has 0 saturated heterocycles. The molecule has 1 amide bonds. The van der Waals surface area contributed by atoms with Crippen LogP contribution in [0.5, 0.6) is 0 Å². The average Bonchev–Trinajstić information content (AvgIpc) is 2.26. The highest BCUT2D eigenvalue weighted by atomic mass is 16.4. The molecule has 5 nitrogen and oxygen atoms in total. The fraction of sp³-hybridized carbons (Fsp3) is 0.571.